The molecule has 132 valence electrons. The molecule has 1 aromatic carbocycles. The summed E-state index contributed by atoms with van der Waals surface area (Å²) >= 11 is 1.55. The van der Waals surface area contributed by atoms with Gasteiger partial charge in [-0.2, -0.15) is 0 Å². The first-order valence-electron chi connectivity index (χ1n) is 8.44. The van der Waals surface area contributed by atoms with Gasteiger partial charge in [0.25, 0.3) is 0 Å². The van der Waals surface area contributed by atoms with Crippen LogP contribution in [0.25, 0.3) is 0 Å². The summed E-state index contributed by atoms with van der Waals surface area (Å²) in [7, 11) is 0. The minimum Gasteiger partial charge on any atom is -0.347 e. The Morgan fingerprint density at radius 3 is 2.33 bits per heavy atom. The molecule has 2 amide bonds. The van der Waals surface area contributed by atoms with Gasteiger partial charge < -0.3 is 10.2 Å². The molecule has 1 saturated heterocycles. The van der Waals surface area contributed by atoms with Crippen LogP contribution in [0.15, 0.2) is 24.3 Å². The molecule has 0 spiro atoms. The highest BCUT2D eigenvalue weighted by atomic mass is 32.2. The average Bonchev–Trinajstić information content (AvgIpc) is 2.89. The Morgan fingerprint density at radius 2 is 1.88 bits per heavy atom. The number of carbonyl (C=O) groups excluding carboxylic acids is 2. The Hall–Kier alpha value is -1.49. The number of amides is 2. The summed E-state index contributed by atoms with van der Waals surface area (Å²) in [6.45, 7) is 10.9. The second-order valence-corrected chi connectivity index (χ2v) is 8.69. The molecule has 4 nitrogen and oxygen atoms in total. The van der Waals surface area contributed by atoms with E-state index in [9.17, 15) is 9.59 Å². The molecule has 1 heterocycles. The molecule has 1 N–H and O–H groups in total. The van der Waals surface area contributed by atoms with Gasteiger partial charge in [0.1, 0.15) is 6.54 Å². The zero-order chi connectivity index (χ0) is 17.9. The van der Waals surface area contributed by atoms with Crippen molar-refractivity contribution in [3.05, 3.63) is 35.4 Å². The van der Waals surface area contributed by atoms with Crippen LogP contribution in [0.1, 0.15) is 51.8 Å². The van der Waals surface area contributed by atoms with E-state index < -0.39 is 0 Å². The highest BCUT2D eigenvalue weighted by Crippen LogP contribution is 2.27. The zero-order valence-corrected chi connectivity index (χ0v) is 16.1. The SMILES string of the molecule is CC(C)[C@H](NC(=O)CN1CSCC1=O)c1ccc(C(C)(C)C)cc1. The summed E-state index contributed by atoms with van der Waals surface area (Å²) in [6, 6.07) is 8.43. The van der Waals surface area contributed by atoms with E-state index in [1.54, 1.807) is 16.7 Å². The highest BCUT2D eigenvalue weighted by Gasteiger charge is 2.25. The molecule has 0 aliphatic carbocycles. The quantitative estimate of drug-likeness (QED) is 0.888. The van der Waals surface area contributed by atoms with Gasteiger partial charge in [0.2, 0.25) is 11.8 Å². The van der Waals surface area contributed by atoms with Gasteiger partial charge in [0.05, 0.1) is 17.7 Å². The molecule has 24 heavy (non-hydrogen) atoms. The summed E-state index contributed by atoms with van der Waals surface area (Å²) < 4.78 is 0. The largest absolute Gasteiger partial charge is 0.347 e. The van der Waals surface area contributed by atoms with Crippen LogP contribution in [0.3, 0.4) is 0 Å². The Morgan fingerprint density at radius 1 is 1.25 bits per heavy atom. The molecule has 1 aliphatic rings. The predicted molar refractivity (Wildman–Crippen MR) is 99.9 cm³/mol. The summed E-state index contributed by atoms with van der Waals surface area (Å²) in [5, 5.41) is 3.10. The first-order valence-corrected chi connectivity index (χ1v) is 9.59. The molecule has 0 bridgehead atoms. The second-order valence-electron chi connectivity index (χ2n) is 7.73. The van der Waals surface area contributed by atoms with E-state index in [0.717, 1.165) is 5.56 Å². The molecular formula is C19H28N2O2S. The van der Waals surface area contributed by atoms with Crippen molar-refractivity contribution in [1.82, 2.24) is 10.2 Å². The number of thioether (sulfide) groups is 1. The van der Waals surface area contributed by atoms with Crippen molar-refractivity contribution < 1.29 is 9.59 Å². The lowest BCUT2D eigenvalue weighted by Crippen LogP contribution is -2.40. The number of nitrogens with one attached hydrogen (secondary N) is 1. The molecule has 0 radical (unpaired) electrons. The third-order valence-electron chi connectivity index (χ3n) is 4.28. The van der Waals surface area contributed by atoms with Gasteiger partial charge in [-0.25, -0.2) is 0 Å². The summed E-state index contributed by atoms with van der Waals surface area (Å²) in [4.78, 5) is 25.6. The highest BCUT2D eigenvalue weighted by molar-refractivity contribution is 8.00. The Bertz CT molecular complexity index is 590. The fourth-order valence-electron chi connectivity index (χ4n) is 2.76. The first-order chi connectivity index (χ1) is 11.2. The maximum atomic E-state index is 12.3. The molecule has 0 unspecified atom stereocenters. The summed E-state index contributed by atoms with van der Waals surface area (Å²) in [5.41, 5.74) is 2.50. The van der Waals surface area contributed by atoms with Gasteiger partial charge in [-0.3, -0.25) is 9.59 Å². The van der Waals surface area contributed by atoms with Gasteiger partial charge in [0, 0.05) is 0 Å². The van der Waals surface area contributed by atoms with Crippen LogP contribution >= 0.6 is 11.8 Å². The number of benzene rings is 1. The zero-order valence-electron chi connectivity index (χ0n) is 15.3. The molecule has 0 saturated carbocycles. The van der Waals surface area contributed by atoms with E-state index in [4.69, 9.17) is 0 Å². The standard InChI is InChI=1S/C19H28N2O2S/c1-13(2)18(14-6-8-15(9-7-14)19(3,4)5)20-16(22)10-21-12-24-11-17(21)23/h6-9,13,18H,10-12H2,1-5H3,(H,20,22)/t18-/m0/s1. The molecule has 1 aliphatic heterocycles. The van der Waals surface area contributed by atoms with Gasteiger partial charge in [-0.15, -0.1) is 11.8 Å². The summed E-state index contributed by atoms with van der Waals surface area (Å²) in [5.74, 6) is 1.32. The number of nitrogens with zero attached hydrogens (tertiary/aromatic N) is 1. The van der Waals surface area contributed by atoms with Crippen LogP contribution in [0.2, 0.25) is 0 Å². The number of hydrogen-bond acceptors (Lipinski definition) is 3. The fourth-order valence-corrected chi connectivity index (χ4v) is 3.66. The van der Waals surface area contributed by atoms with E-state index in [0.29, 0.717) is 11.6 Å². The van der Waals surface area contributed by atoms with Crippen LogP contribution in [0.4, 0.5) is 0 Å². The van der Waals surface area contributed by atoms with Crippen LogP contribution in [-0.4, -0.2) is 34.9 Å². The maximum absolute atomic E-state index is 12.3. The monoisotopic (exact) mass is 348 g/mol. The van der Waals surface area contributed by atoms with E-state index in [-0.39, 0.29) is 35.7 Å². The number of carbonyl (C=O) groups is 2. The number of hydrogen-bond donors (Lipinski definition) is 1. The van der Waals surface area contributed by atoms with Crippen molar-refractivity contribution in [2.45, 2.75) is 46.1 Å². The smallest absolute Gasteiger partial charge is 0.240 e. The van der Waals surface area contributed by atoms with Gasteiger partial charge in [0.15, 0.2) is 0 Å². The van der Waals surface area contributed by atoms with Gasteiger partial charge in [-0.05, 0) is 22.5 Å². The maximum Gasteiger partial charge on any atom is 0.240 e. The Balaban J connectivity index is 2.06. The van der Waals surface area contributed by atoms with Crippen LogP contribution in [-0.2, 0) is 15.0 Å². The van der Waals surface area contributed by atoms with Crippen molar-refractivity contribution in [3.63, 3.8) is 0 Å². The van der Waals surface area contributed by atoms with E-state index in [1.165, 1.54) is 5.56 Å². The molecular weight excluding hydrogens is 320 g/mol. The lowest BCUT2D eigenvalue weighted by molar-refractivity contribution is -0.132. The minimum absolute atomic E-state index is 0.0446. The topological polar surface area (TPSA) is 49.4 Å². The van der Waals surface area contributed by atoms with Crippen molar-refractivity contribution in [3.8, 4) is 0 Å². The van der Waals surface area contributed by atoms with Crippen molar-refractivity contribution in [1.29, 1.82) is 0 Å². The van der Waals surface area contributed by atoms with E-state index in [2.05, 4.69) is 64.2 Å². The van der Waals surface area contributed by atoms with Crippen LogP contribution in [0.5, 0.6) is 0 Å². The lowest BCUT2D eigenvalue weighted by atomic mass is 9.85. The molecule has 0 aromatic heterocycles. The molecule has 5 heteroatoms. The van der Waals surface area contributed by atoms with Crippen LogP contribution < -0.4 is 5.32 Å². The van der Waals surface area contributed by atoms with Crippen molar-refractivity contribution >= 4 is 23.6 Å². The number of rotatable bonds is 5. The predicted octanol–water partition coefficient (Wildman–Crippen LogP) is 3.33. The fraction of sp³-hybridized carbons (Fsp3) is 0.579. The van der Waals surface area contributed by atoms with Gasteiger partial charge in [-0.1, -0.05) is 58.9 Å². The van der Waals surface area contributed by atoms with E-state index >= 15 is 0 Å². The Labute approximate surface area is 149 Å². The third kappa shape index (κ3) is 4.76. The molecule has 1 fully saturated rings. The summed E-state index contributed by atoms with van der Waals surface area (Å²) in [6.07, 6.45) is 0. The van der Waals surface area contributed by atoms with Gasteiger partial charge >= 0.3 is 0 Å². The average molecular weight is 349 g/mol. The first kappa shape index (κ1) is 18.8. The van der Waals surface area contributed by atoms with Crippen molar-refractivity contribution in [2.75, 3.05) is 18.2 Å². The normalized spacial score (nSPS) is 16.6. The van der Waals surface area contributed by atoms with Crippen molar-refractivity contribution in [2.24, 2.45) is 5.92 Å². The van der Waals surface area contributed by atoms with E-state index in [1.807, 2.05) is 0 Å². The Kier molecular flexibility index (Phi) is 5.97. The van der Waals surface area contributed by atoms with Crippen LogP contribution in [0, 0.1) is 5.92 Å². The molecule has 1 aromatic rings. The third-order valence-corrected chi connectivity index (χ3v) is 5.22. The molecule has 1 atom stereocenters. The second kappa shape index (κ2) is 7.60. The minimum atomic E-state index is -0.0931. The molecule has 2 rings (SSSR count). The lowest BCUT2D eigenvalue weighted by Gasteiger charge is -2.26.